The molecule has 2 atom stereocenters. The Morgan fingerprint density at radius 3 is 2.65 bits per heavy atom. The van der Waals surface area contributed by atoms with Crippen LogP contribution in [0, 0.1) is 0 Å². The van der Waals surface area contributed by atoms with Crippen molar-refractivity contribution in [3.63, 3.8) is 0 Å². The van der Waals surface area contributed by atoms with Gasteiger partial charge in [-0.2, -0.15) is 0 Å². The van der Waals surface area contributed by atoms with Crippen molar-refractivity contribution in [1.82, 2.24) is 15.6 Å². The van der Waals surface area contributed by atoms with Gasteiger partial charge >= 0.3 is 12.1 Å². The minimum Gasteiger partial charge on any atom is -0.465 e. The van der Waals surface area contributed by atoms with Crippen LogP contribution in [0.1, 0.15) is 19.3 Å². The van der Waals surface area contributed by atoms with Crippen molar-refractivity contribution in [1.29, 1.82) is 0 Å². The lowest BCUT2D eigenvalue weighted by molar-refractivity contribution is 0.190. The first-order valence-electron chi connectivity index (χ1n) is 6.21. The van der Waals surface area contributed by atoms with Crippen molar-refractivity contribution in [3.8, 4) is 0 Å². The van der Waals surface area contributed by atoms with Crippen LogP contribution >= 0.6 is 11.6 Å². The van der Waals surface area contributed by atoms with Crippen LogP contribution < -0.4 is 16.0 Å². The molecule has 20 heavy (non-hydrogen) atoms. The topological polar surface area (TPSA) is 103 Å². The number of carbonyl (C=O) groups excluding carboxylic acids is 1. The summed E-state index contributed by atoms with van der Waals surface area (Å²) in [6, 6.07) is 2.70. The predicted molar refractivity (Wildman–Crippen MR) is 74.0 cm³/mol. The summed E-state index contributed by atoms with van der Waals surface area (Å²) in [7, 11) is 0. The molecule has 3 amide bonds. The lowest BCUT2D eigenvalue weighted by atomic mass is 10.2. The Hall–Kier alpha value is -2.02. The highest BCUT2D eigenvalue weighted by Crippen LogP contribution is 2.19. The van der Waals surface area contributed by atoms with Crippen LogP contribution in [0.4, 0.5) is 15.3 Å². The molecule has 0 radical (unpaired) electrons. The number of carboxylic acid groups (broad SMARTS) is 1. The maximum Gasteiger partial charge on any atom is 0.404 e. The molecule has 1 heterocycles. The van der Waals surface area contributed by atoms with E-state index in [-0.39, 0.29) is 18.1 Å². The third kappa shape index (κ3) is 4.27. The first-order valence-corrected chi connectivity index (χ1v) is 6.59. The van der Waals surface area contributed by atoms with E-state index in [2.05, 4.69) is 20.9 Å². The summed E-state index contributed by atoms with van der Waals surface area (Å²) in [5.74, 6) is 0. The summed E-state index contributed by atoms with van der Waals surface area (Å²) >= 11 is 5.72. The van der Waals surface area contributed by atoms with Crippen LogP contribution in [0.25, 0.3) is 0 Å². The van der Waals surface area contributed by atoms with Crippen molar-refractivity contribution in [2.24, 2.45) is 0 Å². The van der Waals surface area contributed by atoms with Gasteiger partial charge < -0.3 is 21.1 Å². The van der Waals surface area contributed by atoms with Gasteiger partial charge in [0.1, 0.15) is 5.15 Å². The molecule has 7 nitrogen and oxygen atoms in total. The molecule has 0 bridgehead atoms. The van der Waals surface area contributed by atoms with Crippen LogP contribution in [0.15, 0.2) is 18.3 Å². The number of halogens is 1. The second-order valence-electron chi connectivity index (χ2n) is 4.62. The summed E-state index contributed by atoms with van der Waals surface area (Å²) in [5, 5.41) is 16.8. The molecule has 2 rings (SSSR count). The van der Waals surface area contributed by atoms with E-state index in [4.69, 9.17) is 16.7 Å². The third-order valence-corrected chi connectivity index (χ3v) is 3.29. The average molecular weight is 299 g/mol. The molecule has 1 aromatic heterocycles. The number of anilines is 1. The zero-order valence-electron chi connectivity index (χ0n) is 10.6. The smallest absolute Gasteiger partial charge is 0.404 e. The maximum absolute atomic E-state index is 11.8. The van der Waals surface area contributed by atoms with E-state index in [0.29, 0.717) is 17.3 Å². The molecule has 1 aliphatic carbocycles. The second kappa shape index (κ2) is 6.42. The largest absolute Gasteiger partial charge is 0.465 e. The Morgan fingerprint density at radius 1 is 1.30 bits per heavy atom. The lowest BCUT2D eigenvalue weighted by Crippen LogP contribution is -2.38. The average Bonchev–Trinajstić information content (AvgIpc) is 2.75. The number of carbonyl (C=O) groups is 2. The van der Waals surface area contributed by atoms with Gasteiger partial charge in [-0.25, -0.2) is 14.6 Å². The zero-order chi connectivity index (χ0) is 14.5. The number of hydrogen-bond donors (Lipinski definition) is 4. The molecule has 0 unspecified atom stereocenters. The van der Waals surface area contributed by atoms with E-state index in [1.54, 1.807) is 12.1 Å². The van der Waals surface area contributed by atoms with Crippen LogP contribution in [-0.2, 0) is 0 Å². The molecule has 1 fully saturated rings. The molecule has 0 saturated heterocycles. The van der Waals surface area contributed by atoms with Gasteiger partial charge in [-0.1, -0.05) is 11.6 Å². The number of pyridine rings is 1. The van der Waals surface area contributed by atoms with Gasteiger partial charge in [0.15, 0.2) is 0 Å². The second-order valence-corrected chi connectivity index (χ2v) is 5.01. The number of hydrogen-bond acceptors (Lipinski definition) is 3. The lowest BCUT2D eigenvalue weighted by Gasteiger charge is -2.14. The minimum absolute atomic E-state index is 0.0378. The summed E-state index contributed by atoms with van der Waals surface area (Å²) in [6.07, 6.45) is 2.52. The summed E-state index contributed by atoms with van der Waals surface area (Å²) < 4.78 is 0. The Bertz CT molecular complexity index is 511. The number of rotatable bonds is 3. The van der Waals surface area contributed by atoms with Crippen LogP contribution in [0.2, 0.25) is 5.15 Å². The Balaban J connectivity index is 1.79. The highest BCUT2D eigenvalue weighted by atomic mass is 35.5. The highest BCUT2D eigenvalue weighted by molar-refractivity contribution is 6.29. The van der Waals surface area contributed by atoms with Gasteiger partial charge in [-0.15, -0.1) is 0 Å². The van der Waals surface area contributed by atoms with Gasteiger partial charge in [-0.05, 0) is 31.4 Å². The Labute approximate surface area is 120 Å². The fourth-order valence-corrected chi connectivity index (χ4v) is 2.43. The predicted octanol–water partition coefficient (Wildman–Crippen LogP) is 2.05. The Kier molecular flexibility index (Phi) is 4.62. The van der Waals surface area contributed by atoms with E-state index < -0.39 is 6.09 Å². The standard InChI is InChI=1S/C12H15ClN4O3/c13-10-6-9(3-4-14-10)16-11(18)15-7-1-2-8(5-7)17-12(19)20/h3-4,6-8,17H,1-2,5H2,(H,19,20)(H2,14,15,16,18)/t7-,8+/m1/s1. The van der Waals surface area contributed by atoms with Crippen molar-refractivity contribution < 1.29 is 14.7 Å². The number of amides is 3. The quantitative estimate of drug-likeness (QED) is 0.641. The Morgan fingerprint density at radius 2 is 2.00 bits per heavy atom. The van der Waals surface area contributed by atoms with Crippen molar-refractivity contribution in [2.45, 2.75) is 31.3 Å². The first-order chi connectivity index (χ1) is 9.52. The van der Waals surface area contributed by atoms with Gasteiger partial charge in [0, 0.05) is 24.0 Å². The minimum atomic E-state index is -1.04. The molecule has 1 saturated carbocycles. The first kappa shape index (κ1) is 14.4. The molecule has 4 N–H and O–H groups in total. The third-order valence-electron chi connectivity index (χ3n) is 3.08. The molecule has 8 heteroatoms. The van der Waals surface area contributed by atoms with Gasteiger partial charge in [0.25, 0.3) is 0 Å². The normalized spacial score (nSPS) is 21.2. The number of aromatic nitrogens is 1. The van der Waals surface area contributed by atoms with Crippen LogP contribution in [-0.4, -0.2) is 34.3 Å². The molecule has 108 valence electrons. The van der Waals surface area contributed by atoms with E-state index in [1.165, 1.54) is 6.20 Å². The van der Waals surface area contributed by atoms with Gasteiger partial charge in [0.2, 0.25) is 0 Å². The van der Waals surface area contributed by atoms with Gasteiger partial charge in [0.05, 0.1) is 0 Å². The fraction of sp³-hybridized carbons (Fsp3) is 0.417. The molecule has 1 aliphatic rings. The van der Waals surface area contributed by atoms with E-state index >= 15 is 0 Å². The zero-order valence-corrected chi connectivity index (χ0v) is 11.4. The summed E-state index contributed by atoms with van der Waals surface area (Å²) in [4.78, 5) is 26.1. The van der Waals surface area contributed by atoms with Crippen molar-refractivity contribution in [3.05, 3.63) is 23.5 Å². The summed E-state index contributed by atoms with van der Waals surface area (Å²) in [6.45, 7) is 0. The molecule has 0 spiro atoms. The van der Waals surface area contributed by atoms with E-state index in [1.807, 2.05) is 0 Å². The van der Waals surface area contributed by atoms with Crippen LogP contribution in [0.5, 0.6) is 0 Å². The summed E-state index contributed by atoms with van der Waals surface area (Å²) in [5.41, 5.74) is 0.556. The number of nitrogens with one attached hydrogen (secondary N) is 3. The van der Waals surface area contributed by atoms with Gasteiger partial charge in [-0.3, -0.25) is 0 Å². The number of urea groups is 1. The highest BCUT2D eigenvalue weighted by Gasteiger charge is 2.26. The van der Waals surface area contributed by atoms with Crippen molar-refractivity contribution in [2.75, 3.05) is 5.32 Å². The van der Waals surface area contributed by atoms with Crippen LogP contribution in [0.3, 0.4) is 0 Å². The maximum atomic E-state index is 11.8. The molecule has 0 aliphatic heterocycles. The SMILES string of the molecule is O=C(O)N[C@H]1CC[C@@H](NC(=O)Nc2ccnc(Cl)c2)C1. The molecular formula is C12H15ClN4O3. The monoisotopic (exact) mass is 298 g/mol. The van der Waals surface area contributed by atoms with E-state index in [0.717, 1.165) is 12.8 Å². The van der Waals surface area contributed by atoms with E-state index in [9.17, 15) is 9.59 Å². The molecular weight excluding hydrogens is 284 g/mol. The molecule has 1 aromatic rings. The number of nitrogens with zero attached hydrogens (tertiary/aromatic N) is 1. The molecule has 0 aromatic carbocycles. The van der Waals surface area contributed by atoms with Crippen molar-refractivity contribution >= 4 is 29.4 Å². The fourth-order valence-electron chi connectivity index (χ4n) is 2.25.